The van der Waals surface area contributed by atoms with E-state index in [0.29, 0.717) is 18.3 Å². The van der Waals surface area contributed by atoms with Crippen molar-refractivity contribution >= 4 is 30.2 Å². The predicted molar refractivity (Wildman–Crippen MR) is 101 cm³/mol. The van der Waals surface area contributed by atoms with E-state index in [9.17, 15) is 14.3 Å². The number of aliphatic carboxylic acids is 1. The lowest BCUT2D eigenvalue weighted by Gasteiger charge is -2.32. The Hall–Kier alpha value is -1.31. The molecule has 2 atom stereocenters. The molecule has 1 N–H and O–H groups in total. The van der Waals surface area contributed by atoms with Crippen LogP contribution in [0.15, 0.2) is 12.1 Å². The van der Waals surface area contributed by atoms with Crippen molar-refractivity contribution in [3.8, 4) is 5.75 Å². The molecular weight excluding hydrogens is 373 g/mol. The maximum atomic E-state index is 14.6. The van der Waals surface area contributed by atoms with Gasteiger partial charge in [-0.25, -0.2) is 4.39 Å². The van der Waals surface area contributed by atoms with Crippen LogP contribution in [0.25, 0.3) is 0 Å². The van der Waals surface area contributed by atoms with Gasteiger partial charge in [0.15, 0.2) is 11.6 Å². The lowest BCUT2D eigenvalue weighted by Crippen LogP contribution is -2.41. The zero-order valence-electron chi connectivity index (χ0n) is 16.3. The smallest absolute Gasteiger partial charge is 0.489 e. The van der Waals surface area contributed by atoms with Crippen molar-refractivity contribution in [1.29, 1.82) is 0 Å². The Morgan fingerprint density at radius 1 is 1.33 bits per heavy atom. The molecule has 1 aromatic carbocycles. The van der Waals surface area contributed by atoms with E-state index >= 15 is 0 Å². The summed E-state index contributed by atoms with van der Waals surface area (Å²) in [4.78, 5) is 11.4. The number of hydrogen-bond donors (Lipinski definition) is 1. The van der Waals surface area contributed by atoms with E-state index in [1.54, 1.807) is 6.07 Å². The molecule has 3 rings (SSSR count). The summed E-state index contributed by atoms with van der Waals surface area (Å²) >= 11 is 6.23. The first-order chi connectivity index (χ1) is 12.4. The van der Waals surface area contributed by atoms with Crippen LogP contribution < -0.4 is 10.2 Å². The zero-order chi connectivity index (χ0) is 20.2. The molecular formula is C19H25BClFO5. The lowest BCUT2D eigenvalue weighted by atomic mass is 9.79. The summed E-state index contributed by atoms with van der Waals surface area (Å²) in [5.41, 5.74) is -1.36. The zero-order valence-corrected chi connectivity index (χ0v) is 17.0. The fourth-order valence-corrected chi connectivity index (χ4v) is 3.73. The van der Waals surface area contributed by atoms with Crippen LogP contribution in [0.3, 0.4) is 0 Å². The maximum absolute atomic E-state index is 14.6. The lowest BCUT2D eigenvalue weighted by molar-refractivity contribution is -0.144. The Bertz CT molecular complexity index is 729. The number of hydrogen-bond acceptors (Lipinski definition) is 4. The SMILES string of the molecule is CCC1(C(=O)O)CC1COc1c(F)cc(B2OC(C)(C)C(C)(C)O2)cc1Cl. The van der Waals surface area contributed by atoms with Gasteiger partial charge in [0.2, 0.25) is 0 Å². The Kier molecular flexibility index (Phi) is 5.02. The van der Waals surface area contributed by atoms with Gasteiger partial charge in [0.1, 0.15) is 0 Å². The number of benzene rings is 1. The monoisotopic (exact) mass is 398 g/mol. The molecule has 27 heavy (non-hydrogen) atoms. The van der Waals surface area contributed by atoms with Gasteiger partial charge in [-0.3, -0.25) is 4.79 Å². The molecule has 148 valence electrons. The van der Waals surface area contributed by atoms with Crippen LogP contribution in [0.5, 0.6) is 5.75 Å². The Morgan fingerprint density at radius 3 is 2.37 bits per heavy atom. The molecule has 2 aliphatic rings. The van der Waals surface area contributed by atoms with Gasteiger partial charge in [-0.1, -0.05) is 18.5 Å². The van der Waals surface area contributed by atoms with Gasteiger partial charge in [0.05, 0.1) is 28.2 Å². The Labute approximate surface area is 164 Å². The Morgan fingerprint density at radius 2 is 1.93 bits per heavy atom. The quantitative estimate of drug-likeness (QED) is 0.741. The molecule has 1 aliphatic heterocycles. The molecule has 1 aliphatic carbocycles. The molecule has 8 heteroatoms. The average molecular weight is 399 g/mol. The molecule has 0 aromatic heterocycles. The number of carboxylic acid groups (broad SMARTS) is 1. The molecule has 0 spiro atoms. The summed E-state index contributed by atoms with van der Waals surface area (Å²) in [6.07, 6.45) is 1.05. The van der Waals surface area contributed by atoms with E-state index in [2.05, 4.69) is 0 Å². The van der Waals surface area contributed by atoms with E-state index in [-0.39, 0.29) is 23.3 Å². The van der Waals surface area contributed by atoms with Crippen molar-refractivity contribution < 1.29 is 28.3 Å². The third-order valence-electron chi connectivity index (χ3n) is 6.26. The Balaban J connectivity index is 1.72. The predicted octanol–water partition coefficient (Wildman–Crippen LogP) is 3.66. The molecule has 1 heterocycles. The van der Waals surface area contributed by atoms with E-state index in [1.807, 2.05) is 34.6 Å². The van der Waals surface area contributed by atoms with Crippen molar-refractivity contribution in [2.75, 3.05) is 6.61 Å². The van der Waals surface area contributed by atoms with Crippen molar-refractivity contribution in [2.45, 2.75) is 58.7 Å². The first-order valence-corrected chi connectivity index (χ1v) is 9.52. The van der Waals surface area contributed by atoms with Crippen molar-refractivity contribution in [2.24, 2.45) is 11.3 Å². The van der Waals surface area contributed by atoms with Crippen LogP contribution >= 0.6 is 11.6 Å². The van der Waals surface area contributed by atoms with Crippen molar-refractivity contribution in [1.82, 2.24) is 0 Å². The van der Waals surface area contributed by atoms with Gasteiger partial charge in [-0.15, -0.1) is 0 Å². The number of ether oxygens (including phenoxy) is 1. The van der Waals surface area contributed by atoms with Crippen molar-refractivity contribution in [3.63, 3.8) is 0 Å². The molecule has 1 saturated carbocycles. The van der Waals surface area contributed by atoms with Gasteiger partial charge in [0.25, 0.3) is 0 Å². The summed E-state index contributed by atoms with van der Waals surface area (Å²) in [6.45, 7) is 9.62. The van der Waals surface area contributed by atoms with Crippen LogP contribution in [0.1, 0.15) is 47.5 Å². The van der Waals surface area contributed by atoms with Crippen LogP contribution in [-0.4, -0.2) is 36.0 Å². The topological polar surface area (TPSA) is 65.0 Å². The van der Waals surface area contributed by atoms with E-state index in [4.69, 9.17) is 25.6 Å². The summed E-state index contributed by atoms with van der Waals surface area (Å²) in [5, 5.41) is 9.45. The number of halogens is 2. The van der Waals surface area contributed by atoms with Crippen LogP contribution in [0.4, 0.5) is 4.39 Å². The average Bonchev–Trinajstić information content (AvgIpc) is 3.22. The summed E-state index contributed by atoms with van der Waals surface area (Å²) in [6, 6.07) is 2.86. The maximum Gasteiger partial charge on any atom is 0.494 e. The first kappa shape index (κ1) is 20.4. The second kappa shape index (κ2) is 6.64. The number of rotatable bonds is 6. The highest BCUT2D eigenvalue weighted by molar-refractivity contribution is 6.62. The first-order valence-electron chi connectivity index (χ1n) is 9.14. The van der Waals surface area contributed by atoms with Gasteiger partial charge in [-0.2, -0.15) is 0 Å². The normalized spacial score (nSPS) is 28.3. The molecule has 1 aromatic rings. The molecule has 0 amide bonds. The molecule has 2 unspecified atom stereocenters. The fourth-order valence-electron chi connectivity index (χ4n) is 3.46. The summed E-state index contributed by atoms with van der Waals surface area (Å²) in [5.74, 6) is -1.66. The van der Waals surface area contributed by atoms with E-state index < -0.39 is 35.5 Å². The minimum atomic E-state index is -0.832. The van der Waals surface area contributed by atoms with Gasteiger partial charge in [0, 0.05) is 5.92 Å². The van der Waals surface area contributed by atoms with Crippen LogP contribution in [0, 0.1) is 17.2 Å². The second-order valence-electron chi connectivity index (χ2n) is 8.43. The molecule has 2 fully saturated rings. The third kappa shape index (κ3) is 3.45. The number of carboxylic acids is 1. The van der Waals surface area contributed by atoms with Gasteiger partial charge < -0.3 is 19.2 Å². The van der Waals surface area contributed by atoms with E-state index in [1.165, 1.54) is 6.07 Å². The second-order valence-corrected chi connectivity index (χ2v) is 8.84. The molecule has 1 saturated heterocycles. The minimum absolute atomic E-state index is 0.0702. The molecule has 5 nitrogen and oxygen atoms in total. The van der Waals surface area contributed by atoms with Gasteiger partial charge in [-0.05, 0) is 58.1 Å². The highest BCUT2D eigenvalue weighted by Gasteiger charge is 2.59. The van der Waals surface area contributed by atoms with Crippen LogP contribution in [-0.2, 0) is 14.1 Å². The molecule has 0 bridgehead atoms. The highest BCUT2D eigenvalue weighted by atomic mass is 35.5. The fraction of sp³-hybridized carbons (Fsp3) is 0.632. The third-order valence-corrected chi connectivity index (χ3v) is 6.54. The van der Waals surface area contributed by atoms with Crippen LogP contribution in [0.2, 0.25) is 5.02 Å². The van der Waals surface area contributed by atoms with Crippen molar-refractivity contribution in [3.05, 3.63) is 23.0 Å². The van der Waals surface area contributed by atoms with Gasteiger partial charge >= 0.3 is 13.1 Å². The minimum Gasteiger partial charge on any atom is -0.489 e. The standard InChI is InChI=1S/C19H25BClFO5/c1-6-19(16(23)24)9-11(19)10-25-15-13(21)7-12(8-14(15)22)20-26-17(2,3)18(4,5)27-20/h7-8,11H,6,9-10H2,1-5H3,(H,23,24). The summed E-state index contributed by atoms with van der Waals surface area (Å²) in [7, 11) is -0.723. The van der Waals surface area contributed by atoms with E-state index in [0.717, 1.165) is 0 Å². The highest BCUT2D eigenvalue weighted by Crippen LogP contribution is 2.55. The number of carbonyl (C=O) groups is 1. The summed E-state index contributed by atoms with van der Waals surface area (Å²) < 4.78 is 32.0. The molecule has 0 radical (unpaired) electrons. The largest absolute Gasteiger partial charge is 0.494 e.